The average molecular weight is 491 g/mol. The van der Waals surface area contributed by atoms with Gasteiger partial charge in [0, 0.05) is 6.42 Å². The fourth-order valence-corrected chi connectivity index (χ4v) is 9.63. The number of carboxylic acid groups (broad SMARTS) is 1. The first-order valence-corrected chi connectivity index (χ1v) is 14.1. The van der Waals surface area contributed by atoms with E-state index in [0.29, 0.717) is 36.9 Å². The maximum absolute atomic E-state index is 13.4. The Bertz CT molecular complexity index is 824. The van der Waals surface area contributed by atoms with Crippen molar-refractivity contribution in [3.05, 3.63) is 0 Å². The van der Waals surface area contributed by atoms with Crippen LogP contribution in [0, 0.1) is 58.2 Å². The quantitative estimate of drug-likeness (QED) is 0.459. The van der Waals surface area contributed by atoms with Crippen molar-refractivity contribution in [1.29, 1.82) is 0 Å². The zero-order valence-corrected chi connectivity index (χ0v) is 22.4. The minimum atomic E-state index is -0.714. The van der Waals surface area contributed by atoms with Crippen molar-refractivity contribution in [3.63, 3.8) is 0 Å². The predicted octanol–water partition coefficient (Wildman–Crippen LogP) is 5.72. The van der Waals surface area contributed by atoms with Gasteiger partial charge in [0.1, 0.15) is 0 Å². The van der Waals surface area contributed by atoms with Crippen molar-refractivity contribution in [1.82, 2.24) is 0 Å². The van der Waals surface area contributed by atoms with E-state index in [2.05, 4.69) is 20.8 Å². The van der Waals surface area contributed by atoms with Gasteiger partial charge in [-0.25, -0.2) is 0 Å². The Morgan fingerprint density at radius 3 is 2.17 bits per heavy atom. The van der Waals surface area contributed by atoms with Crippen molar-refractivity contribution in [2.45, 2.75) is 92.4 Å². The number of hydrogen-bond donors (Lipinski definition) is 1. The molecule has 0 saturated heterocycles. The molecule has 0 heterocycles. The van der Waals surface area contributed by atoms with Gasteiger partial charge in [0.25, 0.3) is 0 Å². The summed E-state index contributed by atoms with van der Waals surface area (Å²) in [4.78, 5) is 37.5. The lowest BCUT2D eigenvalue weighted by Gasteiger charge is -2.63. The third kappa shape index (κ3) is 4.52. The van der Waals surface area contributed by atoms with Crippen LogP contribution in [0.1, 0.15) is 92.4 Å². The van der Waals surface area contributed by atoms with Gasteiger partial charge >= 0.3 is 17.9 Å². The molecule has 4 aliphatic carbocycles. The molecule has 0 spiro atoms. The molecule has 0 radical (unpaired) electrons. The summed E-state index contributed by atoms with van der Waals surface area (Å²) in [6.07, 6.45) is 8.04. The SMILES string of the molecule is CCOC(=O)[C@@H]1CC[C@@]2(C)[C@@H](C1)C[C@H](C(=O)OCC)[C@@H]1[C@@H]2CC[C@]2(C)[C@@H]([C@H](C)CC(=O)O)CC[C@@H]12. The molecule has 198 valence electrons. The molecule has 1 N–H and O–H groups in total. The molecule has 0 aliphatic heterocycles. The van der Waals surface area contributed by atoms with Crippen LogP contribution in [0.25, 0.3) is 0 Å². The standard InChI is InChI=1S/C29H46O6/c1-6-34-26(32)18-10-12-28(4)19(15-18)16-20(27(33)35-7-2)25-22-9-8-21(17(3)14-24(30)31)29(22,5)13-11-23(25)28/h17-23,25H,6-16H2,1-5H3,(H,30,31)/t17-,18-,19+,20+,21-,22+,23+,25+,28+,29-/m1/s1. The van der Waals surface area contributed by atoms with Crippen molar-refractivity contribution in [2.75, 3.05) is 13.2 Å². The van der Waals surface area contributed by atoms with E-state index in [4.69, 9.17) is 9.47 Å². The van der Waals surface area contributed by atoms with Crippen LogP contribution < -0.4 is 0 Å². The van der Waals surface area contributed by atoms with E-state index in [1.807, 2.05) is 13.8 Å². The molecule has 0 aromatic rings. The maximum atomic E-state index is 13.4. The highest BCUT2D eigenvalue weighted by Crippen LogP contribution is 2.70. The van der Waals surface area contributed by atoms with E-state index < -0.39 is 5.97 Å². The van der Waals surface area contributed by atoms with Crippen molar-refractivity contribution in [3.8, 4) is 0 Å². The van der Waals surface area contributed by atoms with Gasteiger partial charge in [-0.3, -0.25) is 14.4 Å². The number of carboxylic acids is 1. The number of rotatable bonds is 7. The Morgan fingerprint density at radius 2 is 1.51 bits per heavy atom. The molecule has 0 aromatic heterocycles. The largest absolute Gasteiger partial charge is 0.481 e. The molecular weight excluding hydrogens is 444 g/mol. The van der Waals surface area contributed by atoms with Crippen LogP contribution in [0.3, 0.4) is 0 Å². The van der Waals surface area contributed by atoms with Gasteiger partial charge in [-0.1, -0.05) is 20.8 Å². The number of esters is 2. The molecule has 10 atom stereocenters. The predicted molar refractivity (Wildman–Crippen MR) is 132 cm³/mol. The molecular formula is C29H46O6. The number of carbonyl (C=O) groups is 3. The van der Waals surface area contributed by atoms with Crippen LogP contribution in [0.5, 0.6) is 0 Å². The summed E-state index contributed by atoms with van der Waals surface area (Å²) in [5, 5.41) is 9.45. The van der Waals surface area contributed by atoms with E-state index in [1.165, 1.54) is 0 Å². The lowest BCUT2D eigenvalue weighted by atomic mass is 9.41. The summed E-state index contributed by atoms with van der Waals surface area (Å²) >= 11 is 0. The molecule has 35 heavy (non-hydrogen) atoms. The minimum absolute atomic E-state index is 0.0610. The van der Waals surface area contributed by atoms with Gasteiger partial charge < -0.3 is 14.6 Å². The number of aliphatic carboxylic acids is 1. The van der Waals surface area contributed by atoms with Crippen molar-refractivity contribution >= 4 is 17.9 Å². The van der Waals surface area contributed by atoms with Gasteiger partial charge in [-0.05, 0) is 112 Å². The molecule has 0 aromatic carbocycles. The Labute approximate surface area is 210 Å². The molecule has 6 heteroatoms. The molecule has 6 nitrogen and oxygen atoms in total. The normalized spacial score (nSPS) is 43.3. The van der Waals surface area contributed by atoms with Crippen LogP contribution in [0.15, 0.2) is 0 Å². The fourth-order valence-electron chi connectivity index (χ4n) is 9.63. The summed E-state index contributed by atoms with van der Waals surface area (Å²) in [6.45, 7) is 11.5. The lowest BCUT2D eigenvalue weighted by molar-refractivity contribution is -0.181. The molecule has 0 unspecified atom stereocenters. The van der Waals surface area contributed by atoms with Crippen LogP contribution in [0.2, 0.25) is 0 Å². The summed E-state index contributed by atoms with van der Waals surface area (Å²) in [5.41, 5.74) is 0.203. The molecule has 0 amide bonds. The summed E-state index contributed by atoms with van der Waals surface area (Å²) in [5.74, 6) is 0.984. The van der Waals surface area contributed by atoms with E-state index in [9.17, 15) is 19.5 Å². The van der Waals surface area contributed by atoms with Crippen LogP contribution in [0.4, 0.5) is 0 Å². The van der Waals surface area contributed by atoms with Gasteiger partial charge in [0.05, 0.1) is 25.0 Å². The van der Waals surface area contributed by atoms with E-state index >= 15 is 0 Å². The van der Waals surface area contributed by atoms with Crippen molar-refractivity contribution in [2.24, 2.45) is 58.2 Å². The summed E-state index contributed by atoms with van der Waals surface area (Å²) in [6, 6.07) is 0. The second-order valence-electron chi connectivity index (χ2n) is 12.6. The maximum Gasteiger partial charge on any atom is 0.309 e. The van der Waals surface area contributed by atoms with E-state index in [1.54, 1.807) is 0 Å². The fraction of sp³-hybridized carbons (Fsp3) is 0.897. The molecule has 4 fully saturated rings. The van der Waals surface area contributed by atoms with Crippen molar-refractivity contribution < 1.29 is 29.0 Å². The molecule has 4 rings (SSSR count). The van der Waals surface area contributed by atoms with E-state index in [-0.39, 0.29) is 52.9 Å². The number of hydrogen-bond acceptors (Lipinski definition) is 5. The van der Waals surface area contributed by atoms with Crippen LogP contribution in [-0.4, -0.2) is 36.2 Å². The Morgan fingerprint density at radius 1 is 0.886 bits per heavy atom. The first-order chi connectivity index (χ1) is 16.6. The number of fused-ring (bicyclic) bond motifs is 5. The smallest absolute Gasteiger partial charge is 0.309 e. The zero-order chi connectivity index (χ0) is 25.5. The summed E-state index contributed by atoms with van der Waals surface area (Å²) < 4.78 is 11.0. The van der Waals surface area contributed by atoms with Gasteiger partial charge in [0.15, 0.2) is 0 Å². The third-order valence-electron chi connectivity index (χ3n) is 11.2. The third-order valence-corrected chi connectivity index (χ3v) is 11.2. The summed E-state index contributed by atoms with van der Waals surface area (Å²) in [7, 11) is 0. The second-order valence-corrected chi connectivity index (χ2v) is 12.6. The highest BCUT2D eigenvalue weighted by Gasteiger charge is 2.64. The number of carbonyl (C=O) groups excluding carboxylic acids is 2. The first kappa shape index (κ1) is 26.5. The Kier molecular flexibility index (Phi) is 7.60. The minimum Gasteiger partial charge on any atom is -0.481 e. The highest BCUT2D eigenvalue weighted by atomic mass is 16.5. The van der Waals surface area contributed by atoms with Gasteiger partial charge in [0.2, 0.25) is 0 Å². The van der Waals surface area contributed by atoms with Crippen LogP contribution >= 0.6 is 0 Å². The first-order valence-electron chi connectivity index (χ1n) is 14.1. The second kappa shape index (κ2) is 10.0. The average Bonchev–Trinajstić information content (AvgIpc) is 3.15. The monoisotopic (exact) mass is 490 g/mol. The molecule has 4 saturated carbocycles. The topological polar surface area (TPSA) is 89.9 Å². The Balaban J connectivity index is 1.64. The zero-order valence-electron chi connectivity index (χ0n) is 22.4. The molecule has 4 aliphatic rings. The highest BCUT2D eigenvalue weighted by molar-refractivity contribution is 5.74. The molecule has 0 bridgehead atoms. The van der Waals surface area contributed by atoms with Gasteiger partial charge in [-0.15, -0.1) is 0 Å². The van der Waals surface area contributed by atoms with Gasteiger partial charge in [-0.2, -0.15) is 0 Å². The number of ether oxygens (including phenoxy) is 2. The van der Waals surface area contributed by atoms with Crippen LogP contribution in [-0.2, 0) is 23.9 Å². The lowest BCUT2D eigenvalue weighted by Crippen LogP contribution is -2.58. The Hall–Kier alpha value is -1.59. The van der Waals surface area contributed by atoms with E-state index in [0.717, 1.165) is 51.4 Å².